The average Bonchev–Trinajstić information content (AvgIpc) is 3.09. The number of nitrogens with zero attached hydrogens (tertiary/aromatic N) is 2. The number of rotatable bonds is 2. The molecule has 1 fully saturated rings. The van der Waals surface area contributed by atoms with Crippen LogP contribution in [0, 0.1) is 0 Å². The average molecular weight is 267 g/mol. The van der Waals surface area contributed by atoms with Gasteiger partial charge in [-0.25, -0.2) is 4.98 Å². The zero-order chi connectivity index (χ0) is 13.9. The minimum atomic E-state index is -0.279. The Bertz CT molecular complexity index is 710. The number of nitrogens with one attached hydrogen (secondary N) is 1. The molecule has 0 unspecified atom stereocenters. The van der Waals surface area contributed by atoms with Gasteiger partial charge in [-0.2, -0.15) is 0 Å². The predicted octanol–water partition coefficient (Wildman–Crippen LogP) is 2.73. The summed E-state index contributed by atoms with van der Waals surface area (Å²) in [6, 6.07) is 6.05. The molecule has 1 aromatic carbocycles. The van der Waals surface area contributed by atoms with Gasteiger partial charge in [0.25, 0.3) is 5.91 Å². The second-order valence-electron chi connectivity index (χ2n) is 6.29. The number of hydrogen-bond donors (Lipinski definition) is 1. The van der Waals surface area contributed by atoms with Gasteiger partial charge in [0, 0.05) is 23.4 Å². The quantitative estimate of drug-likeness (QED) is 0.909. The van der Waals surface area contributed by atoms with E-state index in [1.165, 1.54) is 12.8 Å². The molecule has 4 rings (SSSR count). The van der Waals surface area contributed by atoms with Crippen molar-refractivity contribution in [2.45, 2.75) is 38.1 Å². The molecular formula is C16H17N3O. The van der Waals surface area contributed by atoms with Gasteiger partial charge in [0.05, 0.1) is 17.6 Å². The summed E-state index contributed by atoms with van der Waals surface area (Å²) >= 11 is 0. The summed E-state index contributed by atoms with van der Waals surface area (Å²) in [4.78, 5) is 16.5. The zero-order valence-corrected chi connectivity index (χ0v) is 11.7. The molecule has 1 amide bonds. The van der Waals surface area contributed by atoms with Crippen molar-refractivity contribution in [3.63, 3.8) is 0 Å². The number of benzene rings is 1. The van der Waals surface area contributed by atoms with E-state index in [1.807, 2.05) is 36.9 Å². The van der Waals surface area contributed by atoms with Crippen LogP contribution in [0.25, 0.3) is 5.69 Å². The van der Waals surface area contributed by atoms with Gasteiger partial charge >= 0.3 is 0 Å². The van der Waals surface area contributed by atoms with Crippen LogP contribution in [0.5, 0.6) is 0 Å². The Morgan fingerprint density at radius 3 is 2.90 bits per heavy atom. The van der Waals surface area contributed by atoms with Gasteiger partial charge in [0.15, 0.2) is 0 Å². The Morgan fingerprint density at radius 1 is 1.35 bits per heavy atom. The lowest BCUT2D eigenvalue weighted by atomic mass is 9.94. The third-order valence-electron chi connectivity index (χ3n) is 4.24. The van der Waals surface area contributed by atoms with Crippen molar-refractivity contribution in [1.82, 2.24) is 14.9 Å². The number of fused-ring (bicyclic) bond motifs is 1. The summed E-state index contributed by atoms with van der Waals surface area (Å²) in [5.41, 5.74) is 3.72. The SMILES string of the molecule is CC1(C)NC(=O)c2cc(-n3cnc(C4CC4)c3)ccc21. The highest BCUT2D eigenvalue weighted by Crippen LogP contribution is 2.39. The van der Waals surface area contributed by atoms with E-state index in [0.29, 0.717) is 5.92 Å². The van der Waals surface area contributed by atoms with E-state index >= 15 is 0 Å². The van der Waals surface area contributed by atoms with Crippen LogP contribution < -0.4 is 5.32 Å². The van der Waals surface area contributed by atoms with Crippen molar-refractivity contribution in [1.29, 1.82) is 0 Å². The first kappa shape index (κ1) is 11.7. The number of amides is 1. The first-order valence-corrected chi connectivity index (χ1v) is 7.06. The molecule has 2 aliphatic rings. The molecular weight excluding hydrogens is 250 g/mol. The molecule has 102 valence electrons. The van der Waals surface area contributed by atoms with Gasteiger partial charge in [-0.05, 0) is 44.4 Å². The smallest absolute Gasteiger partial charge is 0.252 e. The molecule has 1 N–H and O–H groups in total. The van der Waals surface area contributed by atoms with Crippen LogP contribution in [0.4, 0.5) is 0 Å². The van der Waals surface area contributed by atoms with Crippen molar-refractivity contribution in [3.8, 4) is 5.69 Å². The number of imidazole rings is 1. The number of hydrogen-bond acceptors (Lipinski definition) is 2. The summed E-state index contributed by atoms with van der Waals surface area (Å²) in [5, 5.41) is 3.01. The third-order valence-corrected chi connectivity index (χ3v) is 4.24. The summed E-state index contributed by atoms with van der Waals surface area (Å²) in [5.74, 6) is 0.655. The van der Waals surface area contributed by atoms with Gasteiger partial charge in [-0.15, -0.1) is 0 Å². The molecule has 20 heavy (non-hydrogen) atoms. The lowest BCUT2D eigenvalue weighted by Gasteiger charge is -2.18. The van der Waals surface area contributed by atoms with Crippen LogP contribution in [-0.2, 0) is 5.54 Å². The van der Waals surface area contributed by atoms with Crippen LogP contribution in [0.3, 0.4) is 0 Å². The fraction of sp³-hybridized carbons (Fsp3) is 0.375. The maximum atomic E-state index is 12.1. The molecule has 0 atom stereocenters. The highest BCUT2D eigenvalue weighted by molar-refractivity contribution is 6.00. The third kappa shape index (κ3) is 1.68. The van der Waals surface area contributed by atoms with E-state index in [-0.39, 0.29) is 11.4 Å². The Balaban J connectivity index is 1.76. The highest BCUT2D eigenvalue weighted by atomic mass is 16.2. The van der Waals surface area contributed by atoms with E-state index < -0.39 is 0 Å². The van der Waals surface area contributed by atoms with Gasteiger partial charge in [0.1, 0.15) is 0 Å². The van der Waals surface area contributed by atoms with E-state index in [0.717, 1.165) is 22.5 Å². The fourth-order valence-corrected chi connectivity index (χ4v) is 2.91. The number of carbonyl (C=O) groups is 1. The van der Waals surface area contributed by atoms with E-state index in [9.17, 15) is 4.79 Å². The van der Waals surface area contributed by atoms with Gasteiger partial charge in [-0.1, -0.05) is 6.07 Å². The highest BCUT2D eigenvalue weighted by Gasteiger charge is 2.35. The zero-order valence-electron chi connectivity index (χ0n) is 11.7. The van der Waals surface area contributed by atoms with Crippen LogP contribution >= 0.6 is 0 Å². The lowest BCUT2D eigenvalue weighted by molar-refractivity contribution is 0.0940. The minimum absolute atomic E-state index is 0.00869. The Morgan fingerprint density at radius 2 is 2.15 bits per heavy atom. The van der Waals surface area contributed by atoms with Crippen LogP contribution in [0.15, 0.2) is 30.7 Å². The van der Waals surface area contributed by atoms with Crippen molar-refractivity contribution < 1.29 is 4.79 Å². The maximum absolute atomic E-state index is 12.1. The monoisotopic (exact) mass is 267 g/mol. The topological polar surface area (TPSA) is 46.9 Å². The Hall–Kier alpha value is -2.10. The first-order valence-electron chi connectivity index (χ1n) is 7.06. The summed E-state index contributed by atoms with van der Waals surface area (Å²) < 4.78 is 2.01. The summed E-state index contributed by atoms with van der Waals surface area (Å²) in [7, 11) is 0. The molecule has 1 aliphatic heterocycles. The van der Waals surface area contributed by atoms with E-state index in [2.05, 4.69) is 22.6 Å². The normalized spacial score (nSPS) is 19.8. The first-order chi connectivity index (χ1) is 9.54. The predicted molar refractivity (Wildman–Crippen MR) is 76.0 cm³/mol. The molecule has 2 aromatic rings. The molecule has 0 radical (unpaired) electrons. The fourth-order valence-electron chi connectivity index (χ4n) is 2.91. The van der Waals surface area contributed by atoms with Gasteiger partial charge < -0.3 is 9.88 Å². The molecule has 4 nitrogen and oxygen atoms in total. The molecule has 0 bridgehead atoms. The maximum Gasteiger partial charge on any atom is 0.252 e. The molecule has 1 aromatic heterocycles. The Kier molecular flexibility index (Phi) is 2.18. The van der Waals surface area contributed by atoms with Crippen molar-refractivity contribution >= 4 is 5.91 Å². The van der Waals surface area contributed by atoms with Crippen LogP contribution in [0.2, 0.25) is 0 Å². The van der Waals surface area contributed by atoms with Gasteiger partial charge in [-0.3, -0.25) is 4.79 Å². The van der Waals surface area contributed by atoms with Crippen molar-refractivity contribution in [2.75, 3.05) is 0 Å². The molecule has 1 aliphatic carbocycles. The number of aromatic nitrogens is 2. The minimum Gasteiger partial charge on any atom is -0.343 e. The molecule has 0 spiro atoms. The lowest BCUT2D eigenvalue weighted by Crippen LogP contribution is -2.32. The molecule has 0 saturated heterocycles. The van der Waals surface area contributed by atoms with E-state index in [1.54, 1.807) is 0 Å². The van der Waals surface area contributed by atoms with Crippen molar-refractivity contribution in [2.24, 2.45) is 0 Å². The largest absolute Gasteiger partial charge is 0.343 e. The van der Waals surface area contributed by atoms with Gasteiger partial charge in [0.2, 0.25) is 0 Å². The number of carbonyl (C=O) groups excluding carboxylic acids is 1. The summed E-state index contributed by atoms with van der Waals surface area (Å²) in [6.07, 6.45) is 6.42. The second-order valence-corrected chi connectivity index (χ2v) is 6.29. The molecule has 4 heteroatoms. The second kappa shape index (κ2) is 3.72. The molecule has 1 saturated carbocycles. The molecule has 2 heterocycles. The van der Waals surface area contributed by atoms with Crippen LogP contribution in [0.1, 0.15) is 54.2 Å². The Labute approximate surface area is 117 Å². The van der Waals surface area contributed by atoms with Crippen LogP contribution in [-0.4, -0.2) is 15.5 Å². The van der Waals surface area contributed by atoms with Crippen molar-refractivity contribution in [3.05, 3.63) is 47.5 Å². The standard InChI is InChI=1S/C16H17N3O/c1-16(2)13-6-5-11(7-12(13)15(20)18-16)19-8-14(17-9-19)10-3-4-10/h5-10H,3-4H2,1-2H3,(H,18,20). The summed E-state index contributed by atoms with van der Waals surface area (Å²) in [6.45, 7) is 4.05. The van der Waals surface area contributed by atoms with E-state index in [4.69, 9.17) is 0 Å².